The molecule has 0 fully saturated rings. The fourth-order valence-corrected chi connectivity index (χ4v) is 4.57. The van der Waals surface area contributed by atoms with E-state index in [0.717, 1.165) is 60.5 Å². The van der Waals surface area contributed by atoms with Gasteiger partial charge in [0.05, 0.1) is 5.56 Å². The Morgan fingerprint density at radius 1 is 0.968 bits per heavy atom. The molecule has 0 aromatic heterocycles. The number of carbonyl (C=O) groups is 1. The Morgan fingerprint density at radius 2 is 1.74 bits per heavy atom. The van der Waals surface area contributed by atoms with Crippen LogP contribution in [0.15, 0.2) is 72.8 Å². The Hall–Kier alpha value is -3.37. The van der Waals surface area contributed by atoms with E-state index < -0.39 is 5.97 Å². The van der Waals surface area contributed by atoms with Crippen molar-refractivity contribution in [2.24, 2.45) is 0 Å². The minimum atomic E-state index is -0.924. The summed E-state index contributed by atoms with van der Waals surface area (Å²) in [6.07, 6.45) is 4.23. The number of rotatable bonds is 4. The number of carboxylic acids is 1. The average molecular weight is 412 g/mol. The quantitative estimate of drug-likeness (QED) is 0.644. The van der Waals surface area contributed by atoms with Crippen LogP contribution in [0.3, 0.4) is 0 Å². The molecule has 0 radical (unpaired) electrons. The zero-order chi connectivity index (χ0) is 21.2. The lowest BCUT2D eigenvalue weighted by Crippen LogP contribution is -2.31. The first-order valence-electron chi connectivity index (χ1n) is 10.8. The van der Waals surface area contributed by atoms with Crippen LogP contribution >= 0.6 is 0 Å². The van der Waals surface area contributed by atoms with Gasteiger partial charge in [0.1, 0.15) is 12.4 Å². The van der Waals surface area contributed by atoms with E-state index in [0.29, 0.717) is 6.61 Å². The first-order chi connectivity index (χ1) is 15.2. The van der Waals surface area contributed by atoms with Gasteiger partial charge in [0.25, 0.3) is 0 Å². The third-order valence-corrected chi connectivity index (χ3v) is 6.21. The zero-order valence-electron chi connectivity index (χ0n) is 17.4. The van der Waals surface area contributed by atoms with Crippen molar-refractivity contribution < 1.29 is 14.6 Å². The van der Waals surface area contributed by atoms with E-state index in [1.165, 1.54) is 11.1 Å². The highest BCUT2D eigenvalue weighted by Crippen LogP contribution is 2.37. The van der Waals surface area contributed by atoms with E-state index in [1.54, 1.807) is 18.2 Å². The standard InChI is InChI=1S/C27H25NO3/c29-27(30)20-11-12-26-25(16-20)24(23-9-4-3-8-22(23)18-31-26)10-5-14-28-15-13-19-6-1-2-7-21(19)17-28/h1-4,6-12,16H,5,13-15,17-18H2,(H,29,30). The Bertz CT molecular complexity index is 1160. The lowest BCUT2D eigenvalue weighted by atomic mass is 9.92. The average Bonchev–Trinajstić information content (AvgIpc) is 2.96. The highest BCUT2D eigenvalue weighted by Gasteiger charge is 2.21. The Balaban J connectivity index is 1.44. The lowest BCUT2D eigenvalue weighted by Gasteiger charge is -2.28. The van der Waals surface area contributed by atoms with Gasteiger partial charge in [-0.25, -0.2) is 4.79 Å². The van der Waals surface area contributed by atoms with E-state index >= 15 is 0 Å². The monoisotopic (exact) mass is 411 g/mol. The van der Waals surface area contributed by atoms with Crippen molar-refractivity contribution in [1.82, 2.24) is 4.90 Å². The molecular formula is C27H25NO3. The Labute approximate surface area is 182 Å². The number of hydrogen-bond acceptors (Lipinski definition) is 3. The maximum Gasteiger partial charge on any atom is 0.335 e. The first kappa shape index (κ1) is 19.6. The smallest absolute Gasteiger partial charge is 0.335 e. The molecule has 4 heteroatoms. The largest absolute Gasteiger partial charge is 0.488 e. The second-order valence-electron chi connectivity index (χ2n) is 8.16. The molecule has 0 saturated carbocycles. The number of fused-ring (bicyclic) bond motifs is 3. The zero-order valence-corrected chi connectivity index (χ0v) is 17.4. The van der Waals surface area contributed by atoms with Gasteiger partial charge in [0, 0.05) is 25.2 Å². The second kappa shape index (κ2) is 8.40. The van der Waals surface area contributed by atoms with Gasteiger partial charge in [-0.3, -0.25) is 4.90 Å². The molecule has 156 valence electrons. The van der Waals surface area contributed by atoms with Crippen LogP contribution in [0, 0.1) is 0 Å². The number of ether oxygens (including phenoxy) is 1. The maximum atomic E-state index is 11.6. The van der Waals surface area contributed by atoms with Gasteiger partial charge in [-0.05, 0) is 58.9 Å². The van der Waals surface area contributed by atoms with Crippen molar-refractivity contribution >= 4 is 11.5 Å². The maximum absolute atomic E-state index is 11.6. The van der Waals surface area contributed by atoms with Gasteiger partial charge in [-0.15, -0.1) is 0 Å². The topological polar surface area (TPSA) is 49.8 Å². The van der Waals surface area contributed by atoms with Crippen molar-refractivity contribution in [2.45, 2.75) is 26.0 Å². The van der Waals surface area contributed by atoms with Crippen LogP contribution in [0.5, 0.6) is 5.75 Å². The second-order valence-corrected chi connectivity index (χ2v) is 8.16. The molecule has 0 amide bonds. The lowest BCUT2D eigenvalue weighted by molar-refractivity contribution is 0.0697. The van der Waals surface area contributed by atoms with Gasteiger partial charge in [0.15, 0.2) is 0 Å². The van der Waals surface area contributed by atoms with Gasteiger partial charge in [0.2, 0.25) is 0 Å². The summed E-state index contributed by atoms with van der Waals surface area (Å²) in [6.45, 7) is 3.50. The SMILES string of the molecule is O=C(O)c1ccc2c(c1)C(=CCCN1CCc3ccccc3C1)c1ccccc1CO2. The molecule has 1 N–H and O–H groups in total. The highest BCUT2D eigenvalue weighted by atomic mass is 16.5. The Kier molecular flexibility index (Phi) is 5.31. The molecule has 5 rings (SSSR count). The van der Waals surface area contributed by atoms with Gasteiger partial charge < -0.3 is 9.84 Å². The summed E-state index contributed by atoms with van der Waals surface area (Å²) >= 11 is 0. The van der Waals surface area contributed by atoms with Crippen molar-refractivity contribution in [3.05, 3.63) is 106 Å². The number of benzene rings is 3. The molecule has 0 atom stereocenters. The van der Waals surface area contributed by atoms with Crippen LogP contribution in [-0.4, -0.2) is 29.1 Å². The fourth-order valence-electron chi connectivity index (χ4n) is 4.57. The molecule has 2 aliphatic heterocycles. The number of carboxylic acid groups (broad SMARTS) is 1. The molecule has 3 aromatic rings. The minimum Gasteiger partial charge on any atom is -0.488 e. The molecule has 0 bridgehead atoms. The van der Waals surface area contributed by atoms with Crippen LogP contribution in [-0.2, 0) is 19.6 Å². The predicted octanol–water partition coefficient (Wildman–Crippen LogP) is 5.16. The summed E-state index contributed by atoms with van der Waals surface area (Å²) in [5, 5.41) is 9.50. The number of nitrogens with zero attached hydrogens (tertiary/aromatic N) is 1. The summed E-state index contributed by atoms with van der Waals surface area (Å²) in [5.74, 6) is -0.189. The summed E-state index contributed by atoms with van der Waals surface area (Å²) < 4.78 is 6.03. The Morgan fingerprint density at radius 3 is 2.58 bits per heavy atom. The molecule has 2 aliphatic rings. The number of hydrogen-bond donors (Lipinski definition) is 1. The number of aromatic carboxylic acids is 1. The molecule has 0 unspecified atom stereocenters. The van der Waals surface area contributed by atoms with E-state index in [-0.39, 0.29) is 5.56 Å². The van der Waals surface area contributed by atoms with E-state index in [9.17, 15) is 9.90 Å². The van der Waals surface area contributed by atoms with Gasteiger partial charge in [-0.1, -0.05) is 54.6 Å². The van der Waals surface area contributed by atoms with E-state index in [4.69, 9.17) is 4.74 Å². The highest BCUT2D eigenvalue weighted by molar-refractivity contribution is 5.92. The van der Waals surface area contributed by atoms with Crippen LogP contribution in [0.25, 0.3) is 5.57 Å². The molecular weight excluding hydrogens is 386 g/mol. The van der Waals surface area contributed by atoms with E-state index in [1.807, 2.05) is 12.1 Å². The van der Waals surface area contributed by atoms with Crippen molar-refractivity contribution in [1.29, 1.82) is 0 Å². The third-order valence-electron chi connectivity index (χ3n) is 6.21. The third kappa shape index (κ3) is 3.99. The normalized spacial score (nSPS) is 16.6. The molecule has 0 aliphatic carbocycles. The fraction of sp³-hybridized carbons (Fsp3) is 0.222. The molecule has 4 nitrogen and oxygen atoms in total. The van der Waals surface area contributed by atoms with Crippen LogP contribution in [0.4, 0.5) is 0 Å². The molecule has 2 heterocycles. The summed E-state index contributed by atoms with van der Waals surface area (Å²) in [6, 6.07) is 22.0. The molecule has 0 spiro atoms. The summed E-state index contributed by atoms with van der Waals surface area (Å²) in [4.78, 5) is 14.1. The van der Waals surface area contributed by atoms with Crippen molar-refractivity contribution in [2.75, 3.05) is 13.1 Å². The summed E-state index contributed by atoms with van der Waals surface area (Å²) in [7, 11) is 0. The first-order valence-corrected chi connectivity index (χ1v) is 10.8. The van der Waals surface area contributed by atoms with Crippen LogP contribution < -0.4 is 4.74 Å². The molecule has 3 aromatic carbocycles. The minimum absolute atomic E-state index is 0.278. The van der Waals surface area contributed by atoms with Crippen LogP contribution in [0.1, 0.15) is 44.6 Å². The van der Waals surface area contributed by atoms with Crippen LogP contribution in [0.2, 0.25) is 0 Å². The van der Waals surface area contributed by atoms with Crippen molar-refractivity contribution in [3.8, 4) is 5.75 Å². The van der Waals surface area contributed by atoms with Crippen molar-refractivity contribution in [3.63, 3.8) is 0 Å². The molecule has 31 heavy (non-hydrogen) atoms. The van der Waals surface area contributed by atoms with E-state index in [2.05, 4.69) is 47.4 Å². The summed E-state index contributed by atoms with van der Waals surface area (Å²) in [5.41, 5.74) is 7.31. The predicted molar refractivity (Wildman–Crippen MR) is 121 cm³/mol. The molecule has 0 saturated heterocycles. The van der Waals surface area contributed by atoms with Gasteiger partial charge >= 0.3 is 5.97 Å². The van der Waals surface area contributed by atoms with Gasteiger partial charge in [-0.2, -0.15) is 0 Å².